The molecule has 0 unspecified atom stereocenters. The summed E-state index contributed by atoms with van der Waals surface area (Å²) in [7, 11) is 0. The lowest BCUT2D eigenvalue weighted by molar-refractivity contribution is -0.121. The molecule has 1 aromatic carbocycles. The lowest BCUT2D eigenvalue weighted by atomic mass is 10.1. The molecule has 0 saturated carbocycles. The molecule has 0 bridgehead atoms. The molecule has 1 N–H and O–H groups in total. The van der Waals surface area contributed by atoms with Crippen molar-refractivity contribution in [2.45, 2.75) is 53.0 Å². The zero-order valence-corrected chi connectivity index (χ0v) is 16.6. The summed E-state index contributed by atoms with van der Waals surface area (Å²) in [6, 6.07) is 11.6. The van der Waals surface area contributed by atoms with Gasteiger partial charge in [-0.05, 0) is 31.9 Å². The highest BCUT2D eigenvalue weighted by Crippen LogP contribution is 2.17. The van der Waals surface area contributed by atoms with Crippen LogP contribution in [0.15, 0.2) is 40.8 Å². The van der Waals surface area contributed by atoms with Crippen molar-refractivity contribution in [1.82, 2.24) is 10.2 Å². The van der Waals surface area contributed by atoms with Crippen LogP contribution in [0.4, 0.5) is 0 Å². The van der Waals surface area contributed by atoms with Crippen LogP contribution < -0.4 is 5.32 Å². The third-order valence-electron chi connectivity index (χ3n) is 4.53. The Hall–Kier alpha value is -2.56. The third-order valence-corrected chi connectivity index (χ3v) is 4.53. The first-order valence-electron chi connectivity index (χ1n) is 9.68. The zero-order valence-electron chi connectivity index (χ0n) is 16.6. The van der Waals surface area contributed by atoms with E-state index in [0.717, 1.165) is 30.6 Å². The van der Waals surface area contributed by atoms with Crippen molar-refractivity contribution < 1.29 is 14.0 Å². The maximum atomic E-state index is 12.9. The van der Waals surface area contributed by atoms with Gasteiger partial charge in [-0.1, -0.05) is 50.1 Å². The number of nitrogens with one attached hydrogen (secondary N) is 1. The first-order valence-corrected chi connectivity index (χ1v) is 9.68. The Morgan fingerprint density at radius 2 is 1.81 bits per heavy atom. The van der Waals surface area contributed by atoms with Crippen molar-refractivity contribution >= 4 is 11.8 Å². The van der Waals surface area contributed by atoms with Gasteiger partial charge < -0.3 is 14.6 Å². The number of carbonyl (C=O) groups excluding carboxylic acids is 2. The number of hydrogen-bond acceptors (Lipinski definition) is 3. The first kappa shape index (κ1) is 20.7. The van der Waals surface area contributed by atoms with E-state index in [2.05, 4.69) is 12.2 Å². The zero-order chi connectivity index (χ0) is 19.6. The van der Waals surface area contributed by atoms with Crippen molar-refractivity contribution in [2.75, 3.05) is 13.1 Å². The molecule has 0 fully saturated rings. The summed E-state index contributed by atoms with van der Waals surface area (Å²) in [5, 5.41) is 2.92. The van der Waals surface area contributed by atoms with E-state index in [0.29, 0.717) is 37.4 Å². The van der Waals surface area contributed by atoms with Crippen molar-refractivity contribution in [1.29, 1.82) is 0 Å². The van der Waals surface area contributed by atoms with Crippen LogP contribution in [-0.2, 0) is 11.3 Å². The molecule has 5 nitrogen and oxygen atoms in total. The van der Waals surface area contributed by atoms with Gasteiger partial charge >= 0.3 is 0 Å². The van der Waals surface area contributed by atoms with E-state index in [4.69, 9.17) is 4.42 Å². The van der Waals surface area contributed by atoms with Gasteiger partial charge in [0.15, 0.2) is 0 Å². The quantitative estimate of drug-likeness (QED) is 0.637. The lowest BCUT2D eigenvalue weighted by Crippen LogP contribution is -2.36. The number of benzene rings is 1. The number of nitrogens with zero attached hydrogens (tertiary/aromatic N) is 1. The van der Waals surface area contributed by atoms with Gasteiger partial charge in [-0.2, -0.15) is 0 Å². The fraction of sp³-hybridized carbons (Fsp3) is 0.455. The summed E-state index contributed by atoms with van der Waals surface area (Å²) in [6.07, 6.45) is 3.38. The molecule has 2 rings (SSSR count). The molecule has 0 atom stereocenters. The molecule has 1 aromatic heterocycles. The van der Waals surface area contributed by atoms with Crippen molar-refractivity contribution in [3.63, 3.8) is 0 Å². The van der Waals surface area contributed by atoms with Crippen LogP contribution in [0.2, 0.25) is 0 Å². The van der Waals surface area contributed by atoms with E-state index in [1.807, 2.05) is 37.3 Å². The Bertz CT molecular complexity index is 737. The van der Waals surface area contributed by atoms with Crippen LogP contribution in [0.25, 0.3) is 0 Å². The van der Waals surface area contributed by atoms with Gasteiger partial charge in [0.05, 0.1) is 5.56 Å². The second-order valence-electron chi connectivity index (χ2n) is 6.84. The number of amides is 2. The average Bonchev–Trinajstić information content (AvgIpc) is 3.01. The number of rotatable bonds is 10. The van der Waals surface area contributed by atoms with E-state index in [1.54, 1.807) is 17.9 Å². The summed E-state index contributed by atoms with van der Waals surface area (Å²) in [5.41, 5.74) is 1.65. The van der Waals surface area contributed by atoms with Crippen LogP contribution in [0.3, 0.4) is 0 Å². The molecular weight excluding hydrogens is 340 g/mol. The van der Waals surface area contributed by atoms with Crippen LogP contribution in [0, 0.1) is 13.8 Å². The van der Waals surface area contributed by atoms with Gasteiger partial charge in [-0.15, -0.1) is 0 Å². The van der Waals surface area contributed by atoms with Crippen LogP contribution in [0.1, 0.15) is 60.0 Å². The van der Waals surface area contributed by atoms with Gasteiger partial charge in [-0.25, -0.2) is 0 Å². The minimum absolute atomic E-state index is 0.0489. The highest BCUT2D eigenvalue weighted by atomic mass is 16.3. The number of hydrogen-bond donors (Lipinski definition) is 1. The summed E-state index contributed by atoms with van der Waals surface area (Å²) in [6.45, 7) is 7.34. The first-order chi connectivity index (χ1) is 13.0. The minimum Gasteiger partial charge on any atom is -0.466 e. The van der Waals surface area contributed by atoms with Crippen LogP contribution in [0.5, 0.6) is 0 Å². The van der Waals surface area contributed by atoms with Gasteiger partial charge in [0, 0.05) is 26.1 Å². The standard InChI is InChI=1S/C22H30N2O3/c1-4-5-9-13-24(22(26)20-15-17(2)27-18(20)3)14-12-21(25)23-16-19-10-7-6-8-11-19/h6-8,10-11,15H,4-5,9,12-14,16H2,1-3H3,(H,23,25). The maximum Gasteiger partial charge on any atom is 0.257 e. The lowest BCUT2D eigenvalue weighted by Gasteiger charge is -2.22. The Morgan fingerprint density at radius 1 is 1.07 bits per heavy atom. The molecule has 27 heavy (non-hydrogen) atoms. The summed E-state index contributed by atoms with van der Waals surface area (Å²) >= 11 is 0. The highest BCUT2D eigenvalue weighted by Gasteiger charge is 2.20. The fourth-order valence-corrected chi connectivity index (χ4v) is 3.00. The van der Waals surface area contributed by atoms with E-state index in [1.165, 1.54) is 0 Å². The Kier molecular flexibility index (Phi) is 8.11. The molecular formula is C22H30N2O3. The molecule has 146 valence electrons. The Balaban J connectivity index is 1.92. The fourth-order valence-electron chi connectivity index (χ4n) is 3.00. The molecule has 1 heterocycles. The number of furan rings is 1. The number of aryl methyl sites for hydroxylation is 2. The molecule has 0 spiro atoms. The van der Waals surface area contributed by atoms with E-state index in [9.17, 15) is 9.59 Å². The second-order valence-corrected chi connectivity index (χ2v) is 6.84. The molecule has 5 heteroatoms. The van der Waals surface area contributed by atoms with E-state index >= 15 is 0 Å². The molecule has 2 aromatic rings. The Morgan fingerprint density at radius 3 is 2.44 bits per heavy atom. The number of carbonyl (C=O) groups is 2. The van der Waals surface area contributed by atoms with Crippen molar-refractivity contribution in [3.05, 3.63) is 59.0 Å². The molecule has 0 saturated heterocycles. The number of unbranched alkanes of at least 4 members (excludes halogenated alkanes) is 2. The molecule has 0 aliphatic heterocycles. The molecule has 0 aliphatic carbocycles. The van der Waals surface area contributed by atoms with Crippen LogP contribution in [-0.4, -0.2) is 29.8 Å². The molecule has 0 aliphatic rings. The predicted octanol–water partition coefficient (Wildman–Crippen LogP) is 4.24. The van der Waals surface area contributed by atoms with Crippen molar-refractivity contribution in [3.8, 4) is 0 Å². The van der Waals surface area contributed by atoms with Gasteiger partial charge in [0.2, 0.25) is 5.91 Å². The van der Waals surface area contributed by atoms with E-state index in [-0.39, 0.29) is 11.8 Å². The van der Waals surface area contributed by atoms with Gasteiger partial charge in [0.25, 0.3) is 5.91 Å². The third kappa shape index (κ3) is 6.59. The largest absolute Gasteiger partial charge is 0.466 e. The summed E-state index contributed by atoms with van der Waals surface area (Å²) < 4.78 is 5.50. The maximum absolute atomic E-state index is 12.9. The predicted molar refractivity (Wildman–Crippen MR) is 107 cm³/mol. The summed E-state index contributed by atoms with van der Waals surface area (Å²) in [5.74, 6) is 1.25. The molecule has 0 radical (unpaired) electrons. The highest BCUT2D eigenvalue weighted by molar-refractivity contribution is 5.95. The minimum atomic E-state index is -0.0590. The average molecular weight is 370 g/mol. The summed E-state index contributed by atoms with van der Waals surface area (Å²) in [4.78, 5) is 26.9. The van der Waals surface area contributed by atoms with Crippen molar-refractivity contribution in [2.24, 2.45) is 0 Å². The van der Waals surface area contributed by atoms with Gasteiger partial charge in [0.1, 0.15) is 11.5 Å². The van der Waals surface area contributed by atoms with Gasteiger partial charge in [-0.3, -0.25) is 9.59 Å². The Labute approximate surface area is 161 Å². The monoisotopic (exact) mass is 370 g/mol. The topological polar surface area (TPSA) is 62.6 Å². The van der Waals surface area contributed by atoms with Crippen LogP contribution >= 0.6 is 0 Å². The molecule has 2 amide bonds. The van der Waals surface area contributed by atoms with E-state index < -0.39 is 0 Å². The smallest absolute Gasteiger partial charge is 0.257 e. The normalized spacial score (nSPS) is 10.6. The SMILES string of the molecule is CCCCCN(CCC(=O)NCc1ccccc1)C(=O)c1cc(C)oc1C. The second kappa shape index (κ2) is 10.6.